The van der Waals surface area contributed by atoms with Crippen LogP contribution in [0.15, 0.2) is 24.3 Å². The Bertz CT molecular complexity index is 590. The second kappa shape index (κ2) is 6.13. The van der Waals surface area contributed by atoms with Gasteiger partial charge in [0.15, 0.2) is 0 Å². The summed E-state index contributed by atoms with van der Waals surface area (Å²) in [6.07, 6.45) is 0.0450. The molecule has 6 nitrogen and oxygen atoms in total. The molecule has 1 fully saturated rings. The molecule has 2 atom stereocenters. The number of nitrogens with one attached hydrogen (secondary N) is 1. The number of nitrogens with zero attached hydrogens (tertiary/aromatic N) is 1. The van der Waals surface area contributed by atoms with Crippen LogP contribution in [0.5, 0.6) is 0 Å². The van der Waals surface area contributed by atoms with Crippen molar-refractivity contribution in [2.75, 3.05) is 11.4 Å². The lowest BCUT2D eigenvalue weighted by atomic mass is 10.1. The fourth-order valence-corrected chi connectivity index (χ4v) is 2.42. The van der Waals surface area contributed by atoms with Gasteiger partial charge in [0, 0.05) is 13.0 Å². The zero-order valence-electron chi connectivity index (χ0n) is 11.4. The number of carboxylic acid groups (broad SMARTS) is 1. The summed E-state index contributed by atoms with van der Waals surface area (Å²) in [5.41, 5.74) is 0.561. The minimum Gasteiger partial charge on any atom is -0.480 e. The van der Waals surface area contributed by atoms with Crippen LogP contribution in [0, 0.1) is 5.92 Å². The summed E-state index contributed by atoms with van der Waals surface area (Å²) in [6.45, 7) is 1.57. The largest absolute Gasteiger partial charge is 0.480 e. The molecule has 2 amide bonds. The van der Waals surface area contributed by atoms with Gasteiger partial charge in [-0.25, -0.2) is 0 Å². The van der Waals surface area contributed by atoms with Gasteiger partial charge in [-0.05, 0) is 19.1 Å². The van der Waals surface area contributed by atoms with Crippen molar-refractivity contribution in [3.8, 4) is 0 Å². The van der Waals surface area contributed by atoms with Crippen LogP contribution in [0.3, 0.4) is 0 Å². The van der Waals surface area contributed by atoms with E-state index in [0.717, 1.165) is 0 Å². The normalized spacial score (nSPS) is 19.4. The molecule has 0 bridgehead atoms. The Labute approximate surface area is 126 Å². The first kappa shape index (κ1) is 15.3. The Morgan fingerprint density at radius 2 is 2.10 bits per heavy atom. The fraction of sp³-hybridized carbons (Fsp3) is 0.357. The van der Waals surface area contributed by atoms with Crippen LogP contribution >= 0.6 is 11.6 Å². The monoisotopic (exact) mass is 310 g/mol. The molecule has 1 aromatic rings. The number of halogens is 1. The van der Waals surface area contributed by atoms with Crippen molar-refractivity contribution in [1.29, 1.82) is 0 Å². The molecule has 1 heterocycles. The van der Waals surface area contributed by atoms with Crippen molar-refractivity contribution in [2.24, 2.45) is 5.92 Å². The highest BCUT2D eigenvalue weighted by Gasteiger charge is 2.36. The van der Waals surface area contributed by atoms with Gasteiger partial charge in [0.1, 0.15) is 6.04 Å². The van der Waals surface area contributed by atoms with E-state index in [4.69, 9.17) is 16.7 Å². The molecule has 2 N–H and O–H groups in total. The van der Waals surface area contributed by atoms with E-state index < -0.39 is 23.8 Å². The molecule has 1 saturated heterocycles. The molecule has 7 heteroatoms. The third-order valence-electron chi connectivity index (χ3n) is 3.37. The van der Waals surface area contributed by atoms with Crippen molar-refractivity contribution in [2.45, 2.75) is 19.4 Å². The highest BCUT2D eigenvalue weighted by molar-refractivity contribution is 6.33. The Morgan fingerprint density at radius 3 is 2.71 bits per heavy atom. The van der Waals surface area contributed by atoms with Gasteiger partial charge < -0.3 is 15.3 Å². The first-order valence-corrected chi connectivity index (χ1v) is 6.86. The molecule has 1 aromatic carbocycles. The second-order valence-corrected chi connectivity index (χ2v) is 5.33. The van der Waals surface area contributed by atoms with E-state index in [0.29, 0.717) is 10.7 Å². The molecule has 0 aromatic heterocycles. The molecule has 1 unspecified atom stereocenters. The number of carbonyl (C=O) groups is 3. The summed E-state index contributed by atoms with van der Waals surface area (Å²) in [5.74, 6) is -2.33. The van der Waals surface area contributed by atoms with Crippen LogP contribution in [0.4, 0.5) is 5.69 Å². The number of amides is 2. The van der Waals surface area contributed by atoms with E-state index in [1.54, 1.807) is 24.3 Å². The lowest BCUT2D eigenvalue weighted by Gasteiger charge is -2.18. The maximum atomic E-state index is 12.0. The lowest BCUT2D eigenvalue weighted by Crippen LogP contribution is -2.42. The van der Waals surface area contributed by atoms with Gasteiger partial charge in [-0.1, -0.05) is 23.7 Å². The van der Waals surface area contributed by atoms with Crippen molar-refractivity contribution >= 4 is 35.1 Å². The number of carboxylic acids is 1. The average molecular weight is 311 g/mol. The van der Waals surface area contributed by atoms with E-state index >= 15 is 0 Å². The SMILES string of the molecule is C[C@H](NC(=O)C1CC(=O)N(c2ccccc2Cl)C1)C(=O)O. The van der Waals surface area contributed by atoms with E-state index in [-0.39, 0.29) is 18.9 Å². The second-order valence-electron chi connectivity index (χ2n) is 4.93. The molecule has 0 saturated carbocycles. The van der Waals surface area contributed by atoms with Crippen molar-refractivity contribution in [1.82, 2.24) is 5.32 Å². The van der Waals surface area contributed by atoms with Gasteiger partial charge in [-0.2, -0.15) is 0 Å². The highest BCUT2D eigenvalue weighted by Crippen LogP contribution is 2.30. The molecule has 21 heavy (non-hydrogen) atoms. The van der Waals surface area contributed by atoms with Crippen molar-refractivity contribution < 1.29 is 19.5 Å². The van der Waals surface area contributed by atoms with Gasteiger partial charge in [-0.3, -0.25) is 14.4 Å². The Morgan fingerprint density at radius 1 is 1.43 bits per heavy atom. The summed E-state index contributed by atoms with van der Waals surface area (Å²) in [4.78, 5) is 36.2. The van der Waals surface area contributed by atoms with Gasteiger partial charge in [-0.15, -0.1) is 0 Å². The van der Waals surface area contributed by atoms with Crippen molar-refractivity contribution in [3.05, 3.63) is 29.3 Å². The highest BCUT2D eigenvalue weighted by atomic mass is 35.5. The number of hydrogen-bond donors (Lipinski definition) is 2. The number of aliphatic carboxylic acids is 1. The van der Waals surface area contributed by atoms with Crippen LogP contribution in [-0.4, -0.2) is 35.5 Å². The maximum Gasteiger partial charge on any atom is 0.325 e. The number of rotatable bonds is 4. The third kappa shape index (κ3) is 3.33. The van der Waals surface area contributed by atoms with Gasteiger partial charge in [0.05, 0.1) is 16.6 Å². The summed E-state index contributed by atoms with van der Waals surface area (Å²) in [5, 5.41) is 11.6. The lowest BCUT2D eigenvalue weighted by molar-refractivity contribution is -0.141. The zero-order chi connectivity index (χ0) is 15.6. The standard InChI is InChI=1S/C14H15ClN2O4/c1-8(14(20)21)16-13(19)9-6-12(18)17(7-9)11-5-3-2-4-10(11)15/h2-5,8-9H,6-7H2,1H3,(H,16,19)(H,20,21)/t8-,9?/m0/s1. The smallest absolute Gasteiger partial charge is 0.325 e. The molecule has 0 aliphatic carbocycles. The minimum absolute atomic E-state index is 0.0450. The summed E-state index contributed by atoms with van der Waals surface area (Å²) in [6, 6.07) is 5.91. The first-order chi connectivity index (χ1) is 9.90. The molecular formula is C14H15ClN2O4. The molecule has 112 valence electrons. The van der Waals surface area contributed by atoms with Crippen LogP contribution < -0.4 is 10.2 Å². The average Bonchev–Trinajstić information content (AvgIpc) is 2.81. The first-order valence-electron chi connectivity index (χ1n) is 6.48. The van der Waals surface area contributed by atoms with Crippen LogP contribution in [0.25, 0.3) is 0 Å². The minimum atomic E-state index is -1.12. The molecule has 1 aliphatic heterocycles. The topological polar surface area (TPSA) is 86.7 Å². The number of carbonyl (C=O) groups excluding carboxylic acids is 2. The van der Waals surface area contributed by atoms with E-state index in [9.17, 15) is 14.4 Å². The molecular weight excluding hydrogens is 296 g/mol. The van der Waals surface area contributed by atoms with E-state index in [1.165, 1.54) is 11.8 Å². The molecule has 1 aliphatic rings. The number of hydrogen-bond acceptors (Lipinski definition) is 3. The fourth-order valence-electron chi connectivity index (χ4n) is 2.18. The van der Waals surface area contributed by atoms with E-state index in [1.807, 2.05) is 0 Å². The summed E-state index contributed by atoms with van der Waals surface area (Å²) >= 11 is 6.05. The van der Waals surface area contributed by atoms with E-state index in [2.05, 4.69) is 5.32 Å². The molecule has 2 rings (SSSR count). The molecule has 0 spiro atoms. The third-order valence-corrected chi connectivity index (χ3v) is 3.69. The number of para-hydroxylation sites is 1. The maximum absolute atomic E-state index is 12.0. The Balaban J connectivity index is 2.08. The van der Waals surface area contributed by atoms with Crippen LogP contribution in [0.1, 0.15) is 13.3 Å². The number of benzene rings is 1. The quantitative estimate of drug-likeness (QED) is 0.877. The summed E-state index contributed by atoms with van der Waals surface area (Å²) in [7, 11) is 0. The van der Waals surface area contributed by atoms with Gasteiger partial charge in [0.2, 0.25) is 11.8 Å². The predicted octanol–water partition coefficient (Wildman–Crippen LogP) is 1.28. The Kier molecular flexibility index (Phi) is 4.47. The number of anilines is 1. The molecule has 0 radical (unpaired) electrons. The summed E-state index contributed by atoms with van der Waals surface area (Å²) < 4.78 is 0. The van der Waals surface area contributed by atoms with Gasteiger partial charge >= 0.3 is 5.97 Å². The van der Waals surface area contributed by atoms with Gasteiger partial charge in [0.25, 0.3) is 0 Å². The van der Waals surface area contributed by atoms with Crippen molar-refractivity contribution in [3.63, 3.8) is 0 Å². The Hall–Kier alpha value is -2.08. The van der Waals surface area contributed by atoms with Crippen LogP contribution in [0.2, 0.25) is 5.02 Å². The zero-order valence-corrected chi connectivity index (χ0v) is 12.1. The predicted molar refractivity (Wildman–Crippen MR) is 77.2 cm³/mol. The van der Waals surface area contributed by atoms with Crippen LogP contribution in [-0.2, 0) is 14.4 Å².